The number of carbonyl (C=O) groups is 2. The Kier molecular flexibility index (Phi) is 5.41. The third-order valence-electron chi connectivity index (χ3n) is 4.69. The lowest BCUT2D eigenvalue weighted by atomic mass is 9.92. The van der Waals surface area contributed by atoms with Gasteiger partial charge in [0.1, 0.15) is 5.82 Å². The van der Waals surface area contributed by atoms with Gasteiger partial charge < -0.3 is 10.4 Å². The van der Waals surface area contributed by atoms with E-state index in [1.807, 2.05) is 0 Å². The number of carboxylic acids is 1. The molecular weight excluding hydrogens is 435 g/mol. The molecule has 32 heavy (non-hydrogen) atoms. The van der Waals surface area contributed by atoms with E-state index in [0.29, 0.717) is 11.3 Å². The molecule has 0 unspecified atom stereocenters. The van der Waals surface area contributed by atoms with E-state index in [1.165, 1.54) is 24.3 Å². The molecule has 0 saturated heterocycles. The van der Waals surface area contributed by atoms with E-state index in [0.717, 1.165) is 24.3 Å². The minimum atomic E-state index is -4.19. The first kappa shape index (κ1) is 21.1. The quantitative estimate of drug-likeness (QED) is 0.610. The standard InChI is InChI=1S/C23H15FN2O5S/c24-15-8-10-17(11-9-15)32(30,31)26-20-13-21(22(27)19-7-2-1-6-18(19)20)25-16-5-3-4-14(12-16)23(28)29/h1-13,25H,(H,28,29). The van der Waals surface area contributed by atoms with Crippen molar-refractivity contribution in [1.29, 1.82) is 0 Å². The number of carbonyl (C=O) groups excluding carboxylic acids is 1. The lowest BCUT2D eigenvalue weighted by Crippen LogP contribution is -2.22. The molecule has 2 N–H and O–H groups in total. The van der Waals surface area contributed by atoms with Crippen molar-refractivity contribution in [2.75, 3.05) is 5.32 Å². The Hall–Kier alpha value is -4.11. The van der Waals surface area contributed by atoms with Crippen LogP contribution in [0, 0.1) is 5.82 Å². The molecule has 3 aromatic rings. The zero-order chi connectivity index (χ0) is 22.9. The number of halogens is 1. The van der Waals surface area contributed by atoms with Crippen LogP contribution < -0.4 is 5.32 Å². The fourth-order valence-electron chi connectivity index (χ4n) is 3.17. The first-order valence-corrected chi connectivity index (χ1v) is 10.8. The van der Waals surface area contributed by atoms with Crippen LogP contribution in [0.5, 0.6) is 0 Å². The number of carboxylic acid groups (broad SMARTS) is 1. The maximum atomic E-state index is 13.2. The summed E-state index contributed by atoms with van der Waals surface area (Å²) in [5.41, 5.74) is 0.963. The zero-order valence-electron chi connectivity index (χ0n) is 16.3. The number of fused-ring (bicyclic) bond motifs is 1. The number of aromatic carboxylic acids is 1. The SMILES string of the molecule is O=C(O)c1cccc(NC2=CC(=NS(=O)(=O)c3ccc(F)cc3)c3ccccc3C2=O)c1. The molecule has 0 spiro atoms. The van der Waals surface area contributed by atoms with Gasteiger partial charge in [-0.3, -0.25) is 4.79 Å². The highest BCUT2D eigenvalue weighted by molar-refractivity contribution is 7.90. The Bertz CT molecular complexity index is 1410. The largest absolute Gasteiger partial charge is 0.478 e. The molecule has 3 aromatic carbocycles. The second-order valence-corrected chi connectivity index (χ2v) is 8.45. The average Bonchev–Trinajstić information content (AvgIpc) is 2.77. The van der Waals surface area contributed by atoms with Gasteiger partial charge in [0, 0.05) is 16.8 Å². The Morgan fingerprint density at radius 3 is 2.31 bits per heavy atom. The molecule has 160 valence electrons. The zero-order valence-corrected chi connectivity index (χ0v) is 17.1. The number of hydrogen-bond acceptors (Lipinski definition) is 5. The summed E-state index contributed by atoms with van der Waals surface area (Å²) >= 11 is 0. The fourth-order valence-corrected chi connectivity index (χ4v) is 4.17. The van der Waals surface area contributed by atoms with Crippen LogP contribution in [-0.4, -0.2) is 31.0 Å². The molecule has 0 fully saturated rings. The highest BCUT2D eigenvalue weighted by Crippen LogP contribution is 2.25. The van der Waals surface area contributed by atoms with Gasteiger partial charge in [-0.2, -0.15) is 12.8 Å². The van der Waals surface area contributed by atoms with Gasteiger partial charge in [0.25, 0.3) is 10.0 Å². The van der Waals surface area contributed by atoms with E-state index in [9.17, 15) is 27.5 Å². The van der Waals surface area contributed by atoms with Crippen molar-refractivity contribution in [2.24, 2.45) is 4.40 Å². The normalized spacial score (nSPS) is 14.6. The van der Waals surface area contributed by atoms with Crippen LogP contribution in [0.15, 0.2) is 93.9 Å². The number of nitrogens with zero attached hydrogens (tertiary/aromatic N) is 1. The minimum absolute atomic E-state index is 0.0152. The number of sulfonamides is 1. The molecule has 1 aliphatic carbocycles. The second kappa shape index (κ2) is 8.20. The number of benzene rings is 3. The minimum Gasteiger partial charge on any atom is -0.478 e. The molecule has 0 atom stereocenters. The summed E-state index contributed by atoms with van der Waals surface area (Å²) in [5.74, 6) is -2.12. The monoisotopic (exact) mass is 450 g/mol. The number of hydrogen-bond donors (Lipinski definition) is 2. The van der Waals surface area contributed by atoms with E-state index in [2.05, 4.69) is 9.71 Å². The van der Waals surface area contributed by atoms with E-state index >= 15 is 0 Å². The van der Waals surface area contributed by atoms with Gasteiger partial charge in [0.15, 0.2) is 0 Å². The number of rotatable bonds is 5. The Balaban J connectivity index is 1.80. The van der Waals surface area contributed by atoms with E-state index in [-0.39, 0.29) is 27.4 Å². The van der Waals surface area contributed by atoms with E-state index in [1.54, 1.807) is 30.3 Å². The van der Waals surface area contributed by atoms with Crippen molar-refractivity contribution < 1.29 is 27.5 Å². The molecule has 0 amide bonds. The summed E-state index contributed by atoms with van der Waals surface area (Å²) in [6.45, 7) is 0. The number of anilines is 1. The summed E-state index contributed by atoms with van der Waals surface area (Å²) in [6.07, 6.45) is 1.29. The molecule has 0 radical (unpaired) electrons. The number of nitrogens with one attached hydrogen (secondary N) is 1. The summed E-state index contributed by atoms with van der Waals surface area (Å²) in [7, 11) is -4.19. The van der Waals surface area contributed by atoms with Crippen LogP contribution in [0.2, 0.25) is 0 Å². The Morgan fingerprint density at radius 2 is 1.62 bits per heavy atom. The van der Waals surface area contributed by atoms with Gasteiger partial charge in [0.05, 0.1) is 21.9 Å². The van der Waals surface area contributed by atoms with Gasteiger partial charge >= 0.3 is 5.97 Å². The Morgan fingerprint density at radius 1 is 0.938 bits per heavy atom. The molecule has 7 nitrogen and oxygen atoms in total. The summed E-state index contributed by atoms with van der Waals surface area (Å²) in [5, 5.41) is 12.0. The fraction of sp³-hybridized carbons (Fsp3) is 0. The number of allylic oxidation sites excluding steroid dienone is 2. The molecule has 0 saturated carbocycles. The Labute approximate surface area is 182 Å². The smallest absolute Gasteiger partial charge is 0.335 e. The van der Waals surface area contributed by atoms with Crippen LogP contribution in [0.3, 0.4) is 0 Å². The molecule has 0 heterocycles. The van der Waals surface area contributed by atoms with Crippen LogP contribution in [0.4, 0.5) is 10.1 Å². The first-order valence-electron chi connectivity index (χ1n) is 9.31. The molecule has 9 heteroatoms. The molecule has 4 rings (SSSR count). The van der Waals surface area contributed by atoms with Gasteiger partial charge in [0.2, 0.25) is 5.78 Å². The third kappa shape index (κ3) is 4.19. The lowest BCUT2D eigenvalue weighted by Gasteiger charge is -2.19. The average molecular weight is 450 g/mol. The number of Topliss-reactive ketones (excluding diaryl/α,β-unsaturated/α-hetero) is 1. The molecule has 0 aromatic heterocycles. The molecular formula is C23H15FN2O5S. The predicted octanol–water partition coefficient (Wildman–Crippen LogP) is 3.89. The van der Waals surface area contributed by atoms with Crippen molar-refractivity contribution in [1.82, 2.24) is 0 Å². The number of ketones is 1. The van der Waals surface area contributed by atoms with E-state index in [4.69, 9.17) is 0 Å². The van der Waals surface area contributed by atoms with Crippen LogP contribution in [0.25, 0.3) is 0 Å². The van der Waals surface area contributed by atoms with Gasteiger partial charge in [-0.1, -0.05) is 30.3 Å². The van der Waals surface area contributed by atoms with Crippen LogP contribution >= 0.6 is 0 Å². The summed E-state index contributed by atoms with van der Waals surface area (Å²) < 4.78 is 42.6. The van der Waals surface area contributed by atoms with Gasteiger partial charge in [-0.15, -0.1) is 0 Å². The highest BCUT2D eigenvalue weighted by atomic mass is 32.2. The van der Waals surface area contributed by atoms with Crippen LogP contribution in [-0.2, 0) is 10.0 Å². The first-order chi connectivity index (χ1) is 15.2. The van der Waals surface area contributed by atoms with Crippen molar-refractivity contribution in [2.45, 2.75) is 4.90 Å². The van der Waals surface area contributed by atoms with Crippen molar-refractivity contribution in [3.05, 3.63) is 107 Å². The maximum absolute atomic E-state index is 13.2. The molecule has 0 bridgehead atoms. The second-order valence-electron chi connectivity index (χ2n) is 6.85. The molecule has 1 aliphatic rings. The molecule has 0 aliphatic heterocycles. The third-order valence-corrected chi connectivity index (χ3v) is 6.00. The van der Waals surface area contributed by atoms with Gasteiger partial charge in [-0.05, 0) is 48.5 Å². The predicted molar refractivity (Wildman–Crippen MR) is 116 cm³/mol. The van der Waals surface area contributed by atoms with Crippen molar-refractivity contribution in [3.8, 4) is 0 Å². The topological polar surface area (TPSA) is 113 Å². The van der Waals surface area contributed by atoms with Crippen LogP contribution in [0.1, 0.15) is 26.3 Å². The highest BCUT2D eigenvalue weighted by Gasteiger charge is 2.26. The van der Waals surface area contributed by atoms with Crippen molar-refractivity contribution in [3.63, 3.8) is 0 Å². The summed E-state index contributed by atoms with van der Waals surface area (Å²) in [6, 6.07) is 16.5. The lowest BCUT2D eigenvalue weighted by molar-refractivity contribution is 0.0696. The van der Waals surface area contributed by atoms with Crippen molar-refractivity contribution >= 4 is 33.2 Å². The maximum Gasteiger partial charge on any atom is 0.335 e. The van der Waals surface area contributed by atoms with E-state index < -0.39 is 27.6 Å². The van der Waals surface area contributed by atoms with Gasteiger partial charge in [-0.25, -0.2) is 9.18 Å². The summed E-state index contributed by atoms with van der Waals surface area (Å²) in [4.78, 5) is 24.0.